The summed E-state index contributed by atoms with van der Waals surface area (Å²) in [5.74, 6) is -0.185. The van der Waals surface area contributed by atoms with Crippen molar-refractivity contribution in [2.75, 3.05) is 26.0 Å². The van der Waals surface area contributed by atoms with Crippen LogP contribution in [0.25, 0.3) is 0 Å². The van der Waals surface area contributed by atoms with E-state index in [4.69, 9.17) is 11.6 Å². The number of hydrogen-bond acceptors (Lipinski definition) is 4. The number of hydrogen-bond donors (Lipinski definition) is 1. The number of benzene rings is 2. The summed E-state index contributed by atoms with van der Waals surface area (Å²) < 4.78 is 25.8. The van der Waals surface area contributed by atoms with Gasteiger partial charge in [0.2, 0.25) is 15.9 Å². The lowest BCUT2D eigenvalue weighted by Crippen LogP contribution is -2.37. The number of carbonyl (C=O) groups is 1. The highest BCUT2D eigenvalue weighted by atomic mass is 35.5. The van der Waals surface area contributed by atoms with E-state index in [-0.39, 0.29) is 23.4 Å². The second-order valence-corrected chi connectivity index (χ2v) is 10.0. The summed E-state index contributed by atoms with van der Waals surface area (Å²) in [5.41, 5.74) is 1.45. The van der Waals surface area contributed by atoms with Gasteiger partial charge in [-0.05, 0) is 49.6 Å². The molecule has 0 heterocycles. The molecule has 1 aliphatic rings. The molecule has 0 radical (unpaired) electrons. The number of carbonyl (C=O) groups excluding carboxylic acids is 1. The highest BCUT2D eigenvalue weighted by molar-refractivity contribution is 7.89. The van der Waals surface area contributed by atoms with Crippen molar-refractivity contribution in [1.29, 1.82) is 0 Å². The lowest BCUT2D eigenvalue weighted by atomic mass is 10.1. The Balaban J connectivity index is 1.73. The van der Waals surface area contributed by atoms with Crippen molar-refractivity contribution >= 4 is 33.2 Å². The van der Waals surface area contributed by atoms with Gasteiger partial charge in [0, 0.05) is 36.9 Å². The van der Waals surface area contributed by atoms with Crippen LogP contribution >= 0.6 is 11.6 Å². The van der Waals surface area contributed by atoms with Gasteiger partial charge in [-0.15, -0.1) is 0 Å². The Morgan fingerprint density at radius 1 is 1.17 bits per heavy atom. The zero-order valence-corrected chi connectivity index (χ0v) is 18.4. The third-order valence-corrected chi connectivity index (χ3v) is 7.25. The minimum absolute atomic E-state index is 0.00223. The van der Waals surface area contributed by atoms with Crippen molar-refractivity contribution in [2.45, 2.75) is 36.7 Å². The zero-order chi connectivity index (χ0) is 21.2. The molecule has 3 rings (SSSR count). The summed E-state index contributed by atoms with van der Waals surface area (Å²) in [6.07, 6.45) is 2.11. The molecule has 1 fully saturated rings. The van der Waals surface area contributed by atoms with Gasteiger partial charge in [0.15, 0.2) is 0 Å². The molecular weight excluding hydrogens is 410 g/mol. The van der Waals surface area contributed by atoms with Crippen LogP contribution in [0.1, 0.15) is 31.4 Å². The van der Waals surface area contributed by atoms with Gasteiger partial charge >= 0.3 is 0 Å². The number of amides is 1. The summed E-state index contributed by atoms with van der Waals surface area (Å²) in [5, 5.41) is 3.52. The van der Waals surface area contributed by atoms with Gasteiger partial charge in [0.05, 0.1) is 11.4 Å². The number of nitrogens with zero attached hydrogens (tertiary/aromatic N) is 2. The zero-order valence-electron chi connectivity index (χ0n) is 16.8. The molecule has 1 amide bonds. The Labute approximate surface area is 177 Å². The fraction of sp³-hybridized carbons (Fsp3) is 0.381. The third kappa shape index (κ3) is 5.17. The predicted octanol–water partition coefficient (Wildman–Crippen LogP) is 3.75. The lowest BCUT2D eigenvalue weighted by Gasteiger charge is -2.29. The van der Waals surface area contributed by atoms with E-state index in [1.54, 1.807) is 12.1 Å². The lowest BCUT2D eigenvalue weighted by molar-refractivity contribution is -0.118. The van der Waals surface area contributed by atoms with Crippen LogP contribution in [0.3, 0.4) is 0 Å². The maximum absolute atomic E-state index is 12.7. The van der Waals surface area contributed by atoms with Gasteiger partial charge in [0.25, 0.3) is 0 Å². The van der Waals surface area contributed by atoms with Crippen LogP contribution in [0.2, 0.25) is 5.02 Å². The first-order chi connectivity index (χ1) is 13.7. The average Bonchev–Trinajstić information content (AvgIpc) is 3.51. The third-order valence-electron chi connectivity index (χ3n) is 5.09. The Kier molecular flexibility index (Phi) is 6.63. The number of anilines is 1. The number of halogens is 1. The van der Waals surface area contributed by atoms with Crippen molar-refractivity contribution in [3.8, 4) is 0 Å². The van der Waals surface area contributed by atoms with Crippen LogP contribution in [0.5, 0.6) is 0 Å². The Morgan fingerprint density at radius 3 is 2.48 bits per heavy atom. The molecule has 8 heteroatoms. The second-order valence-electron chi connectivity index (χ2n) is 7.46. The van der Waals surface area contributed by atoms with E-state index in [2.05, 4.69) is 17.1 Å². The van der Waals surface area contributed by atoms with Crippen LogP contribution < -0.4 is 5.32 Å². The Bertz CT molecular complexity index is 990. The molecule has 1 N–H and O–H groups in total. The monoisotopic (exact) mass is 435 g/mol. The maximum Gasteiger partial charge on any atom is 0.242 e. The quantitative estimate of drug-likeness (QED) is 0.685. The van der Waals surface area contributed by atoms with Crippen LogP contribution in [0, 0.1) is 0 Å². The number of nitrogens with one attached hydrogen (secondary N) is 1. The molecule has 1 unspecified atom stereocenters. The van der Waals surface area contributed by atoms with E-state index in [0.717, 1.165) is 22.7 Å². The molecule has 1 atom stereocenters. The number of sulfonamides is 1. The summed E-state index contributed by atoms with van der Waals surface area (Å²) in [7, 11) is -0.606. The Hall–Kier alpha value is -1.93. The molecule has 2 aromatic carbocycles. The van der Waals surface area contributed by atoms with Crippen LogP contribution in [-0.4, -0.2) is 50.2 Å². The highest BCUT2D eigenvalue weighted by Crippen LogP contribution is 2.36. The minimum atomic E-state index is -3.56. The SMILES string of the molecule is CC(c1ccccc1Cl)N(CC(=O)Nc1cccc(S(=O)(=O)N(C)C)c1)C1CC1. The van der Waals surface area contributed by atoms with Crippen molar-refractivity contribution < 1.29 is 13.2 Å². The molecule has 1 aliphatic carbocycles. The summed E-state index contributed by atoms with van der Waals surface area (Å²) in [6, 6.07) is 14.3. The van der Waals surface area contributed by atoms with E-state index in [1.807, 2.05) is 24.3 Å². The molecule has 156 valence electrons. The molecule has 0 spiro atoms. The molecule has 1 saturated carbocycles. The first kappa shape index (κ1) is 21.8. The summed E-state index contributed by atoms with van der Waals surface area (Å²) in [6.45, 7) is 2.26. The van der Waals surface area contributed by atoms with Gasteiger partial charge in [-0.1, -0.05) is 35.9 Å². The van der Waals surface area contributed by atoms with Crippen LogP contribution in [0.4, 0.5) is 5.69 Å². The molecule has 6 nitrogen and oxygen atoms in total. The minimum Gasteiger partial charge on any atom is -0.325 e. The first-order valence-electron chi connectivity index (χ1n) is 9.52. The van der Waals surface area contributed by atoms with E-state index >= 15 is 0 Å². The van der Waals surface area contributed by atoms with E-state index in [1.165, 1.54) is 26.2 Å². The maximum atomic E-state index is 12.7. The van der Waals surface area contributed by atoms with Crippen LogP contribution in [0.15, 0.2) is 53.4 Å². The first-order valence-corrected chi connectivity index (χ1v) is 11.3. The highest BCUT2D eigenvalue weighted by Gasteiger charge is 2.34. The Morgan fingerprint density at radius 2 is 1.86 bits per heavy atom. The molecule has 29 heavy (non-hydrogen) atoms. The van der Waals surface area contributed by atoms with E-state index < -0.39 is 10.0 Å². The molecular formula is C21H26ClN3O3S. The van der Waals surface area contributed by atoms with Gasteiger partial charge in [0.1, 0.15) is 0 Å². The number of rotatable bonds is 8. The van der Waals surface area contributed by atoms with Crippen molar-refractivity contribution in [3.05, 3.63) is 59.1 Å². The average molecular weight is 436 g/mol. The van der Waals surface area contributed by atoms with Crippen LogP contribution in [-0.2, 0) is 14.8 Å². The molecule has 0 aromatic heterocycles. The fourth-order valence-electron chi connectivity index (χ4n) is 3.29. The predicted molar refractivity (Wildman–Crippen MR) is 116 cm³/mol. The van der Waals surface area contributed by atoms with Gasteiger partial charge in [-0.25, -0.2) is 12.7 Å². The van der Waals surface area contributed by atoms with Gasteiger partial charge in [-0.3, -0.25) is 9.69 Å². The molecule has 0 bridgehead atoms. The standard InChI is InChI=1S/C21H26ClN3O3S/c1-15(19-9-4-5-10-20(19)22)25(17-11-12-17)14-21(26)23-16-7-6-8-18(13-16)29(27,28)24(2)3/h4-10,13,15,17H,11-12,14H2,1-3H3,(H,23,26). The summed E-state index contributed by atoms with van der Waals surface area (Å²) >= 11 is 6.35. The molecule has 2 aromatic rings. The van der Waals surface area contributed by atoms with Crippen molar-refractivity contribution in [1.82, 2.24) is 9.21 Å². The molecule has 0 aliphatic heterocycles. The molecule has 0 saturated heterocycles. The fourth-order valence-corrected chi connectivity index (χ4v) is 4.53. The van der Waals surface area contributed by atoms with E-state index in [0.29, 0.717) is 16.8 Å². The van der Waals surface area contributed by atoms with Crippen molar-refractivity contribution in [3.63, 3.8) is 0 Å². The second kappa shape index (κ2) is 8.83. The van der Waals surface area contributed by atoms with Gasteiger partial charge in [-0.2, -0.15) is 0 Å². The summed E-state index contributed by atoms with van der Waals surface area (Å²) in [4.78, 5) is 15.0. The van der Waals surface area contributed by atoms with E-state index in [9.17, 15) is 13.2 Å². The normalized spacial score (nSPS) is 15.5. The smallest absolute Gasteiger partial charge is 0.242 e. The largest absolute Gasteiger partial charge is 0.325 e. The van der Waals surface area contributed by atoms with Crippen molar-refractivity contribution in [2.24, 2.45) is 0 Å². The topological polar surface area (TPSA) is 69.7 Å². The van der Waals surface area contributed by atoms with Gasteiger partial charge < -0.3 is 5.32 Å².